The predicted octanol–water partition coefficient (Wildman–Crippen LogP) is 3.64. The van der Waals surface area contributed by atoms with Crippen LogP contribution in [-0.4, -0.2) is 33.6 Å². The number of benzene rings is 1. The first-order valence-corrected chi connectivity index (χ1v) is 7.46. The summed E-state index contributed by atoms with van der Waals surface area (Å²) >= 11 is 0. The maximum atomic E-state index is 13.3. The highest BCUT2D eigenvalue weighted by molar-refractivity contribution is 5.99. The fourth-order valence-corrected chi connectivity index (χ4v) is 2.50. The monoisotopic (exact) mass is 328 g/mol. The Kier molecular flexibility index (Phi) is 4.79. The molecule has 0 bridgehead atoms. The smallest absolute Gasteiger partial charge is 0.362 e. The van der Waals surface area contributed by atoms with Crippen molar-refractivity contribution in [2.75, 3.05) is 0 Å². The molecular formula is C16H19F3N2O2. The van der Waals surface area contributed by atoms with E-state index in [1.165, 1.54) is 6.07 Å². The van der Waals surface area contributed by atoms with E-state index in [0.29, 0.717) is 18.4 Å². The molecular weight excluding hydrogens is 309 g/mol. The van der Waals surface area contributed by atoms with Crippen molar-refractivity contribution in [3.8, 4) is 0 Å². The number of hydrazone groups is 1. The van der Waals surface area contributed by atoms with Gasteiger partial charge in [0.15, 0.2) is 0 Å². The van der Waals surface area contributed by atoms with Crippen LogP contribution in [0.5, 0.6) is 0 Å². The number of nitrogens with zero attached hydrogens (tertiary/aromatic N) is 2. The largest absolute Gasteiger partial charge is 0.438 e. The van der Waals surface area contributed by atoms with Crippen LogP contribution in [0, 0.1) is 6.92 Å². The summed E-state index contributed by atoms with van der Waals surface area (Å²) in [6.45, 7) is 3.53. The number of alkyl halides is 3. The first kappa shape index (κ1) is 17.5. The molecule has 1 unspecified atom stereocenters. The number of rotatable bonds is 4. The molecule has 1 aliphatic heterocycles. The molecule has 7 heteroatoms. The van der Waals surface area contributed by atoms with Gasteiger partial charge in [-0.3, -0.25) is 4.79 Å². The van der Waals surface area contributed by atoms with Crippen molar-refractivity contribution in [2.24, 2.45) is 5.10 Å². The Morgan fingerprint density at radius 2 is 2.04 bits per heavy atom. The minimum absolute atomic E-state index is 0.0932. The maximum absolute atomic E-state index is 13.3. The van der Waals surface area contributed by atoms with Crippen LogP contribution in [0.3, 0.4) is 0 Å². The van der Waals surface area contributed by atoms with Gasteiger partial charge in [-0.1, -0.05) is 31.5 Å². The molecule has 0 saturated heterocycles. The molecule has 0 aromatic heterocycles. The van der Waals surface area contributed by atoms with Crippen molar-refractivity contribution in [3.63, 3.8) is 0 Å². The second-order valence-corrected chi connectivity index (χ2v) is 5.69. The lowest BCUT2D eigenvalue weighted by Crippen LogP contribution is -2.56. The zero-order valence-corrected chi connectivity index (χ0v) is 13.0. The molecule has 0 spiro atoms. The summed E-state index contributed by atoms with van der Waals surface area (Å²) in [4.78, 5) is 12.5. The van der Waals surface area contributed by atoms with Gasteiger partial charge in [0.1, 0.15) is 0 Å². The van der Waals surface area contributed by atoms with Crippen molar-refractivity contribution in [1.29, 1.82) is 0 Å². The molecule has 0 fully saturated rings. The van der Waals surface area contributed by atoms with Crippen molar-refractivity contribution in [2.45, 2.75) is 51.4 Å². The molecule has 0 saturated carbocycles. The van der Waals surface area contributed by atoms with Crippen LogP contribution in [0.25, 0.3) is 0 Å². The molecule has 1 aromatic carbocycles. The molecule has 1 heterocycles. The zero-order valence-electron chi connectivity index (χ0n) is 13.0. The normalized spacial score (nSPS) is 21.5. The Hall–Kier alpha value is -1.89. The van der Waals surface area contributed by atoms with Crippen LogP contribution in [0.1, 0.15) is 48.5 Å². The molecule has 23 heavy (non-hydrogen) atoms. The van der Waals surface area contributed by atoms with E-state index in [1.54, 1.807) is 25.1 Å². The maximum Gasteiger partial charge on any atom is 0.438 e. The van der Waals surface area contributed by atoms with Gasteiger partial charge >= 0.3 is 6.18 Å². The Balaban J connectivity index is 2.40. The summed E-state index contributed by atoms with van der Waals surface area (Å²) in [7, 11) is 0. The predicted molar refractivity (Wildman–Crippen MR) is 79.9 cm³/mol. The summed E-state index contributed by atoms with van der Waals surface area (Å²) in [5, 5.41) is 14.1. The van der Waals surface area contributed by atoms with Crippen LogP contribution in [-0.2, 0) is 0 Å². The van der Waals surface area contributed by atoms with Gasteiger partial charge in [-0.15, -0.1) is 0 Å². The number of hydrogen-bond acceptors (Lipinski definition) is 3. The molecule has 1 amide bonds. The lowest BCUT2D eigenvalue weighted by molar-refractivity contribution is -0.297. The zero-order chi connectivity index (χ0) is 17.3. The van der Waals surface area contributed by atoms with Gasteiger partial charge in [0, 0.05) is 17.7 Å². The third kappa shape index (κ3) is 3.24. The molecule has 126 valence electrons. The Morgan fingerprint density at radius 3 is 2.61 bits per heavy atom. The second kappa shape index (κ2) is 6.31. The van der Waals surface area contributed by atoms with Crippen molar-refractivity contribution >= 4 is 11.6 Å². The highest BCUT2D eigenvalue weighted by atomic mass is 19.4. The third-order valence-electron chi connectivity index (χ3n) is 3.88. The summed E-state index contributed by atoms with van der Waals surface area (Å²) in [6.07, 6.45) is -3.92. The van der Waals surface area contributed by atoms with Gasteiger partial charge in [-0.05, 0) is 31.4 Å². The van der Waals surface area contributed by atoms with E-state index in [4.69, 9.17) is 0 Å². The van der Waals surface area contributed by atoms with Gasteiger partial charge in [-0.2, -0.15) is 23.3 Å². The number of halogens is 3. The molecule has 1 N–H and O–H groups in total. The number of carbonyl (C=O) groups is 1. The highest BCUT2D eigenvalue weighted by Crippen LogP contribution is 2.41. The SMILES string of the molecule is CCCCC1=NN(C(=O)c2ccccc2C)C(O)(C(F)(F)F)C1. The van der Waals surface area contributed by atoms with Crippen LogP contribution in [0.2, 0.25) is 0 Å². The summed E-state index contributed by atoms with van der Waals surface area (Å²) in [6, 6.07) is 6.29. The van der Waals surface area contributed by atoms with Crippen LogP contribution in [0.4, 0.5) is 13.2 Å². The van der Waals surface area contributed by atoms with E-state index in [2.05, 4.69) is 5.10 Å². The van der Waals surface area contributed by atoms with Crippen molar-refractivity contribution < 1.29 is 23.1 Å². The van der Waals surface area contributed by atoms with Crippen molar-refractivity contribution in [1.82, 2.24) is 5.01 Å². The van der Waals surface area contributed by atoms with Gasteiger partial charge in [0.05, 0.1) is 0 Å². The van der Waals surface area contributed by atoms with E-state index in [9.17, 15) is 23.1 Å². The number of unbranched alkanes of at least 4 members (excludes halogenated alkanes) is 1. The van der Waals surface area contributed by atoms with E-state index >= 15 is 0 Å². The summed E-state index contributed by atoms with van der Waals surface area (Å²) < 4.78 is 40.0. The molecule has 1 aliphatic rings. The van der Waals surface area contributed by atoms with Crippen LogP contribution in [0.15, 0.2) is 29.4 Å². The second-order valence-electron chi connectivity index (χ2n) is 5.69. The van der Waals surface area contributed by atoms with E-state index in [1.807, 2.05) is 6.92 Å². The Bertz CT molecular complexity index is 628. The minimum atomic E-state index is -4.98. The van der Waals surface area contributed by atoms with Gasteiger partial charge in [-0.25, -0.2) is 0 Å². The summed E-state index contributed by atoms with van der Waals surface area (Å²) in [5.41, 5.74) is -2.47. The number of hydrogen-bond donors (Lipinski definition) is 1. The number of amides is 1. The summed E-state index contributed by atoms with van der Waals surface area (Å²) in [5.74, 6) is -0.950. The lowest BCUT2D eigenvalue weighted by Gasteiger charge is -2.32. The number of carbonyl (C=O) groups excluding carboxylic acids is 1. The molecule has 0 radical (unpaired) electrons. The van der Waals surface area contributed by atoms with Gasteiger partial charge < -0.3 is 5.11 Å². The topological polar surface area (TPSA) is 52.9 Å². The van der Waals surface area contributed by atoms with E-state index in [-0.39, 0.29) is 16.3 Å². The highest BCUT2D eigenvalue weighted by Gasteiger charge is 2.63. The standard InChI is InChI=1S/C16H19F3N2O2/c1-3-4-8-12-10-15(23,16(17,18)19)21(20-12)14(22)13-9-6-5-7-11(13)2/h5-7,9,23H,3-4,8,10H2,1-2H3. The van der Waals surface area contributed by atoms with Crippen molar-refractivity contribution in [3.05, 3.63) is 35.4 Å². The van der Waals surface area contributed by atoms with Crippen LogP contribution >= 0.6 is 0 Å². The first-order valence-electron chi connectivity index (χ1n) is 7.46. The Labute approximate surface area is 132 Å². The quantitative estimate of drug-likeness (QED) is 0.917. The minimum Gasteiger partial charge on any atom is -0.362 e. The lowest BCUT2D eigenvalue weighted by atomic mass is 10.0. The third-order valence-corrected chi connectivity index (χ3v) is 3.88. The van der Waals surface area contributed by atoms with Gasteiger partial charge in [0.2, 0.25) is 0 Å². The number of aryl methyl sites for hydroxylation is 1. The fourth-order valence-electron chi connectivity index (χ4n) is 2.50. The average molecular weight is 328 g/mol. The van der Waals surface area contributed by atoms with E-state index in [0.717, 1.165) is 6.42 Å². The number of aliphatic hydroxyl groups is 1. The Morgan fingerprint density at radius 1 is 1.39 bits per heavy atom. The van der Waals surface area contributed by atoms with E-state index < -0.39 is 24.2 Å². The van der Waals surface area contributed by atoms with Gasteiger partial charge in [0.25, 0.3) is 11.6 Å². The molecule has 4 nitrogen and oxygen atoms in total. The first-order chi connectivity index (χ1) is 10.7. The molecule has 2 rings (SSSR count). The molecule has 0 aliphatic carbocycles. The molecule has 1 aromatic rings. The average Bonchev–Trinajstić information content (AvgIpc) is 2.83. The van der Waals surface area contributed by atoms with Crippen LogP contribution < -0.4 is 0 Å². The molecule has 1 atom stereocenters. The fraction of sp³-hybridized carbons (Fsp3) is 0.500.